The van der Waals surface area contributed by atoms with Gasteiger partial charge in [0.25, 0.3) is 0 Å². The lowest BCUT2D eigenvalue weighted by Gasteiger charge is -2.16. The van der Waals surface area contributed by atoms with Crippen LogP contribution in [0.5, 0.6) is 11.6 Å². The Balaban J connectivity index is 1.77. The molecule has 0 unspecified atom stereocenters. The Bertz CT molecular complexity index is 553. The van der Waals surface area contributed by atoms with E-state index in [1.54, 1.807) is 12.1 Å². The number of aromatic nitrogens is 2. The quantitative estimate of drug-likeness (QED) is 0.849. The van der Waals surface area contributed by atoms with Crippen LogP contribution in [-0.2, 0) is 0 Å². The number of nitrogens with zero attached hydrogens (tertiary/aromatic N) is 3. The van der Waals surface area contributed by atoms with Gasteiger partial charge in [0.1, 0.15) is 23.7 Å². The maximum absolute atomic E-state index is 12.8. The zero-order chi connectivity index (χ0) is 13.1. The molecule has 0 bridgehead atoms. The summed E-state index contributed by atoms with van der Waals surface area (Å²) in [6.07, 6.45) is 3.88. The Kier molecular flexibility index (Phi) is 3.27. The first-order valence-corrected chi connectivity index (χ1v) is 6.32. The summed E-state index contributed by atoms with van der Waals surface area (Å²) in [5.41, 5.74) is 0. The van der Waals surface area contributed by atoms with E-state index in [4.69, 9.17) is 4.74 Å². The molecule has 0 atom stereocenters. The zero-order valence-corrected chi connectivity index (χ0v) is 10.4. The van der Waals surface area contributed by atoms with Gasteiger partial charge in [-0.2, -0.15) is 0 Å². The number of hydrogen-bond acceptors (Lipinski definition) is 4. The number of anilines is 1. The monoisotopic (exact) mass is 259 g/mol. The fraction of sp³-hybridized carbons (Fsp3) is 0.286. The van der Waals surface area contributed by atoms with Crippen molar-refractivity contribution in [3.63, 3.8) is 0 Å². The van der Waals surface area contributed by atoms with Gasteiger partial charge in [-0.3, -0.25) is 0 Å². The number of halogens is 1. The van der Waals surface area contributed by atoms with Crippen molar-refractivity contribution in [2.24, 2.45) is 0 Å². The average molecular weight is 259 g/mol. The Labute approximate surface area is 110 Å². The lowest BCUT2D eigenvalue weighted by Crippen LogP contribution is -2.18. The minimum Gasteiger partial charge on any atom is -0.439 e. The van der Waals surface area contributed by atoms with Crippen molar-refractivity contribution in [1.82, 2.24) is 9.97 Å². The van der Waals surface area contributed by atoms with Gasteiger partial charge in [-0.15, -0.1) is 0 Å². The molecule has 5 heteroatoms. The molecule has 1 saturated heterocycles. The average Bonchev–Trinajstić information content (AvgIpc) is 2.96. The van der Waals surface area contributed by atoms with E-state index in [-0.39, 0.29) is 5.82 Å². The fourth-order valence-corrected chi connectivity index (χ4v) is 2.13. The molecule has 0 saturated carbocycles. The molecule has 3 rings (SSSR count). The van der Waals surface area contributed by atoms with Gasteiger partial charge in [0, 0.05) is 19.2 Å². The number of benzene rings is 1. The van der Waals surface area contributed by atoms with E-state index in [2.05, 4.69) is 14.9 Å². The first-order valence-electron chi connectivity index (χ1n) is 6.32. The summed E-state index contributed by atoms with van der Waals surface area (Å²) in [4.78, 5) is 10.5. The second-order valence-corrected chi connectivity index (χ2v) is 4.46. The molecule has 1 aromatic carbocycles. The molecule has 2 heterocycles. The van der Waals surface area contributed by atoms with Crippen LogP contribution in [0.4, 0.5) is 10.2 Å². The van der Waals surface area contributed by atoms with E-state index < -0.39 is 0 Å². The molecular weight excluding hydrogens is 245 g/mol. The van der Waals surface area contributed by atoms with E-state index in [0.717, 1.165) is 18.9 Å². The fourth-order valence-electron chi connectivity index (χ4n) is 2.13. The van der Waals surface area contributed by atoms with Gasteiger partial charge in [0.05, 0.1) is 0 Å². The molecular formula is C14H14FN3O. The van der Waals surface area contributed by atoms with Crippen LogP contribution in [0.3, 0.4) is 0 Å². The van der Waals surface area contributed by atoms with Gasteiger partial charge in [0.2, 0.25) is 5.88 Å². The van der Waals surface area contributed by atoms with Crippen molar-refractivity contribution in [3.05, 3.63) is 42.5 Å². The molecule has 1 aliphatic rings. The van der Waals surface area contributed by atoms with Crippen LogP contribution in [0, 0.1) is 5.82 Å². The maximum Gasteiger partial charge on any atom is 0.224 e. The third-order valence-electron chi connectivity index (χ3n) is 3.09. The van der Waals surface area contributed by atoms with E-state index in [1.165, 1.54) is 31.3 Å². The van der Waals surface area contributed by atoms with Crippen molar-refractivity contribution in [1.29, 1.82) is 0 Å². The third kappa shape index (κ3) is 2.81. The largest absolute Gasteiger partial charge is 0.439 e. The van der Waals surface area contributed by atoms with Crippen molar-refractivity contribution in [2.45, 2.75) is 12.8 Å². The lowest BCUT2D eigenvalue weighted by molar-refractivity contribution is 0.460. The highest BCUT2D eigenvalue weighted by molar-refractivity contribution is 5.42. The molecule has 2 aromatic rings. The molecule has 19 heavy (non-hydrogen) atoms. The van der Waals surface area contributed by atoms with Gasteiger partial charge in [-0.1, -0.05) is 0 Å². The van der Waals surface area contributed by atoms with Crippen LogP contribution in [0.2, 0.25) is 0 Å². The van der Waals surface area contributed by atoms with Gasteiger partial charge in [0.15, 0.2) is 0 Å². The van der Waals surface area contributed by atoms with Gasteiger partial charge >= 0.3 is 0 Å². The summed E-state index contributed by atoms with van der Waals surface area (Å²) >= 11 is 0. The molecule has 0 aliphatic carbocycles. The van der Waals surface area contributed by atoms with E-state index in [9.17, 15) is 4.39 Å². The van der Waals surface area contributed by atoms with Crippen LogP contribution >= 0.6 is 0 Å². The summed E-state index contributed by atoms with van der Waals surface area (Å²) in [6.45, 7) is 2.04. The molecule has 0 radical (unpaired) electrons. The van der Waals surface area contributed by atoms with Crippen LogP contribution < -0.4 is 9.64 Å². The first-order chi connectivity index (χ1) is 9.31. The minimum absolute atomic E-state index is 0.284. The predicted octanol–water partition coefficient (Wildman–Crippen LogP) is 3.01. The Hall–Kier alpha value is -2.17. The second-order valence-electron chi connectivity index (χ2n) is 4.46. The molecule has 1 aromatic heterocycles. The maximum atomic E-state index is 12.8. The third-order valence-corrected chi connectivity index (χ3v) is 3.09. The molecule has 0 amide bonds. The standard InChI is InChI=1S/C14H14FN3O/c15-11-3-5-12(6-4-11)19-14-9-13(16-10-17-14)18-7-1-2-8-18/h3-6,9-10H,1-2,7-8H2. The summed E-state index contributed by atoms with van der Waals surface area (Å²) in [6, 6.07) is 7.68. The van der Waals surface area contributed by atoms with E-state index in [1.807, 2.05) is 6.07 Å². The van der Waals surface area contributed by atoms with E-state index in [0.29, 0.717) is 11.6 Å². The van der Waals surface area contributed by atoms with Gasteiger partial charge < -0.3 is 9.64 Å². The van der Waals surface area contributed by atoms with Crippen LogP contribution in [0.1, 0.15) is 12.8 Å². The second kappa shape index (κ2) is 5.22. The smallest absolute Gasteiger partial charge is 0.224 e. The van der Waals surface area contributed by atoms with Crippen molar-refractivity contribution in [2.75, 3.05) is 18.0 Å². The van der Waals surface area contributed by atoms with Crippen LogP contribution in [0.15, 0.2) is 36.7 Å². The number of hydrogen-bond donors (Lipinski definition) is 0. The zero-order valence-electron chi connectivity index (χ0n) is 10.4. The molecule has 4 nitrogen and oxygen atoms in total. The minimum atomic E-state index is -0.284. The topological polar surface area (TPSA) is 38.2 Å². The summed E-state index contributed by atoms with van der Waals surface area (Å²) in [7, 11) is 0. The summed E-state index contributed by atoms with van der Waals surface area (Å²) < 4.78 is 18.4. The molecule has 98 valence electrons. The first kappa shape index (κ1) is 11.9. The van der Waals surface area contributed by atoms with Gasteiger partial charge in [-0.05, 0) is 37.1 Å². The van der Waals surface area contributed by atoms with Gasteiger partial charge in [-0.25, -0.2) is 14.4 Å². The Morgan fingerprint density at radius 1 is 1.05 bits per heavy atom. The van der Waals surface area contributed by atoms with Crippen molar-refractivity contribution in [3.8, 4) is 11.6 Å². The molecule has 0 N–H and O–H groups in total. The summed E-state index contributed by atoms with van der Waals surface area (Å²) in [5.74, 6) is 1.63. The number of rotatable bonds is 3. The van der Waals surface area contributed by atoms with Crippen molar-refractivity contribution >= 4 is 5.82 Å². The normalized spacial score (nSPS) is 14.7. The molecule has 1 fully saturated rings. The van der Waals surface area contributed by atoms with Crippen LogP contribution in [-0.4, -0.2) is 23.1 Å². The highest BCUT2D eigenvalue weighted by Gasteiger charge is 2.14. The Morgan fingerprint density at radius 2 is 1.79 bits per heavy atom. The van der Waals surface area contributed by atoms with Crippen molar-refractivity contribution < 1.29 is 9.13 Å². The highest BCUT2D eigenvalue weighted by atomic mass is 19.1. The van der Waals surface area contributed by atoms with E-state index >= 15 is 0 Å². The van der Waals surface area contributed by atoms with Crippen LogP contribution in [0.25, 0.3) is 0 Å². The molecule has 0 spiro atoms. The highest BCUT2D eigenvalue weighted by Crippen LogP contribution is 2.24. The SMILES string of the molecule is Fc1ccc(Oc2cc(N3CCCC3)ncn2)cc1. The molecule has 1 aliphatic heterocycles. The lowest BCUT2D eigenvalue weighted by atomic mass is 10.3. The predicted molar refractivity (Wildman–Crippen MR) is 70.0 cm³/mol. The Morgan fingerprint density at radius 3 is 2.53 bits per heavy atom. The number of ether oxygens (including phenoxy) is 1. The summed E-state index contributed by atoms with van der Waals surface area (Å²) in [5, 5.41) is 0.